The summed E-state index contributed by atoms with van der Waals surface area (Å²) in [6.07, 6.45) is 1.39. The Labute approximate surface area is 170 Å². The Kier molecular flexibility index (Phi) is 5.70. The maximum Gasteiger partial charge on any atom is 0.272 e. The molecule has 148 valence electrons. The Morgan fingerprint density at radius 3 is 2.52 bits per heavy atom. The van der Waals surface area contributed by atoms with Crippen molar-refractivity contribution in [2.45, 2.75) is 13.5 Å². The van der Waals surface area contributed by atoms with Gasteiger partial charge in [0.25, 0.3) is 5.91 Å². The molecule has 0 atom stereocenters. The molecule has 1 fully saturated rings. The molecule has 1 amide bonds. The number of piperazine rings is 1. The van der Waals surface area contributed by atoms with Crippen molar-refractivity contribution in [1.29, 1.82) is 0 Å². The first-order chi connectivity index (χ1) is 14.2. The van der Waals surface area contributed by atoms with Gasteiger partial charge in [-0.15, -0.1) is 0 Å². The van der Waals surface area contributed by atoms with Crippen LogP contribution in [-0.2, 0) is 6.61 Å². The highest BCUT2D eigenvalue weighted by molar-refractivity contribution is 5.92. The lowest BCUT2D eigenvalue weighted by atomic mass is 10.2. The van der Waals surface area contributed by atoms with E-state index in [2.05, 4.69) is 46.1 Å². The molecule has 0 saturated carbocycles. The van der Waals surface area contributed by atoms with Crippen LogP contribution in [0.1, 0.15) is 21.6 Å². The highest BCUT2D eigenvalue weighted by Gasteiger charge is 2.23. The first-order valence-corrected chi connectivity index (χ1v) is 9.79. The lowest BCUT2D eigenvalue weighted by Crippen LogP contribution is -2.49. The van der Waals surface area contributed by atoms with Crippen molar-refractivity contribution in [3.63, 3.8) is 0 Å². The summed E-state index contributed by atoms with van der Waals surface area (Å²) < 4.78 is 5.73. The standard InChI is InChI=1S/C23H24N4O2/c1-18-6-5-9-20(14-18)26-10-12-27(13-11-26)23(28)21-15-22(25-17-24-21)29-16-19-7-3-2-4-8-19/h2-9,14-15,17H,10-13,16H2,1H3. The van der Waals surface area contributed by atoms with Gasteiger partial charge in [0.15, 0.2) is 0 Å². The molecule has 0 radical (unpaired) electrons. The van der Waals surface area contributed by atoms with Crippen LogP contribution in [0.2, 0.25) is 0 Å². The zero-order chi connectivity index (χ0) is 20.1. The van der Waals surface area contributed by atoms with Crippen molar-refractivity contribution >= 4 is 11.6 Å². The van der Waals surface area contributed by atoms with Crippen LogP contribution >= 0.6 is 0 Å². The number of aryl methyl sites for hydroxylation is 1. The van der Waals surface area contributed by atoms with Gasteiger partial charge in [0.1, 0.15) is 18.6 Å². The number of ether oxygens (including phenoxy) is 1. The summed E-state index contributed by atoms with van der Waals surface area (Å²) in [7, 11) is 0. The van der Waals surface area contributed by atoms with Crippen molar-refractivity contribution in [2.24, 2.45) is 0 Å². The number of amides is 1. The highest BCUT2D eigenvalue weighted by Crippen LogP contribution is 2.19. The average Bonchev–Trinajstić information content (AvgIpc) is 2.78. The van der Waals surface area contributed by atoms with Crippen LogP contribution in [0.3, 0.4) is 0 Å². The summed E-state index contributed by atoms with van der Waals surface area (Å²) in [5.41, 5.74) is 3.86. The van der Waals surface area contributed by atoms with Crippen LogP contribution in [0.5, 0.6) is 5.88 Å². The molecule has 6 heteroatoms. The number of aromatic nitrogens is 2. The summed E-state index contributed by atoms with van der Waals surface area (Å²) in [6, 6.07) is 19.9. The van der Waals surface area contributed by atoms with E-state index in [0.717, 1.165) is 18.7 Å². The molecule has 0 spiro atoms. The van der Waals surface area contributed by atoms with Crippen LogP contribution in [0, 0.1) is 6.92 Å². The molecule has 1 aromatic heterocycles. The monoisotopic (exact) mass is 388 g/mol. The van der Waals surface area contributed by atoms with E-state index in [1.165, 1.54) is 17.6 Å². The summed E-state index contributed by atoms with van der Waals surface area (Å²) in [5, 5.41) is 0. The van der Waals surface area contributed by atoms with Crippen LogP contribution in [-0.4, -0.2) is 47.0 Å². The number of rotatable bonds is 5. The van der Waals surface area contributed by atoms with Gasteiger partial charge in [0.05, 0.1) is 0 Å². The van der Waals surface area contributed by atoms with Gasteiger partial charge in [-0.2, -0.15) is 0 Å². The second-order valence-electron chi connectivity index (χ2n) is 7.13. The lowest BCUT2D eigenvalue weighted by Gasteiger charge is -2.36. The molecule has 0 aliphatic carbocycles. The second-order valence-corrected chi connectivity index (χ2v) is 7.13. The second kappa shape index (κ2) is 8.73. The van der Waals surface area contributed by atoms with Gasteiger partial charge in [0, 0.05) is 37.9 Å². The maximum absolute atomic E-state index is 12.9. The minimum absolute atomic E-state index is 0.0825. The van der Waals surface area contributed by atoms with Crippen LogP contribution < -0.4 is 9.64 Å². The lowest BCUT2D eigenvalue weighted by molar-refractivity contribution is 0.0740. The first-order valence-electron chi connectivity index (χ1n) is 9.79. The number of anilines is 1. The van der Waals surface area contributed by atoms with E-state index in [-0.39, 0.29) is 5.91 Å². The number of nitrogens with zero attached hydrogens (tertiary/aromatic N) is 4. The molecule has 0 unspecified atom stereocenters. The third kappa shape index (κ3) is 4.71. The Hall–Kier alpha value is -3.41. The van der Waals surface area contributed by atoms with Crippen molar-refractivity contribution < 1.29 is 9.53 Å². The molecule has 29 heavy (non-hydrogen) atoms. The SMILES string of the molecule is Cc1cccc(N2CCN(C(=O)c3cc(OCc4ccccc4)ncn3)CC2)c1. The summed E-state index contributed by atoms with van der Waals surface area (Å²) in [5.74, 6) is 0.325. The molecule has 0 N–H and O–H groups in total. The fourth-order valence-corrected chi connectivity index (χ4v) is 3.42. The molecule has 4 rings (SSSR count). The number of benzene rings is 2. The van der Waals surface area contributed by atoms with E-state index in [1.54, 1.807) is 6.07 Å². The molecule has 2 heterocycles. The minimum Gasteiger partial charge on any atom is -0.473 e. The van der Waals surface area contributed by atoms with Crippen LogP contribution in [0.4, 0.5) is 5.69 Å². The molecular formula is C23H24N4O2. The van der Waals surface area contributed by atoms with Crippen molar-refractivity contribution in [1.82, 2.24) is 14.9 Å². The Morgan fingerprint density at radius 2 is 1.76 bits per heavy atom. The summed E-state index contributed by atoms with van der Waals surface area (Å²) in [4.78, 5) is 25.3. The highest BCUT2D eigenvalue weighted by atomic mass is 16.5. The largest absolute Gasteiger partial charge is 0.473 e. The number of hydrogen-bond donors (Lipinski definition) is 0. The van der Waals surface area contributed by atoms with E-state index in [9.17, 15) is 4.79 Å². The van der Waals surface area contributed by atoms with Crippen molar-refractivity contribution in [3.05, 3.63) is 83.8 Å². The molecule has 6 nitrogen and oxygen atoms in total. The van der Waals surface area contributed by atoms with E-state index >= 15 is 0 Å². The molecular weight excluding hydrogens is 364 g/mol. The fourth-order valence-electron chi connectivity index (χ4n) is 3.42. The molecule has 1 aliphatic rings. The smallest absolute Gasteiger partial charge is 0.272 e. The zero-order valence-electron chi connectivity index (χ0n) is 16.5. The number of carbonyl (C=O) groups excluding carboxylic acids is 1. The topological polar surface area (TPSA) is 58.6 Å². The third-order valence-corrected chi connectivity index (χ3v) is 5.02. The van der Waals surface area contributed by atoms with Gasteiger partial charge < -0.3 is 14.5 Å². The van der Waals surface area contributed by atoms with Gasteiger partial charge in [-0.25, -0.2) is 9.97 Å². The molecule has 1 saturated heterocycles. The van der Waals surface area contributed by atoms with Gasteiger partial charge in [-0.05, 0) is 30.2 Å². The van der Waals surface area contributed by atoms with Crippen LogP contribution in [0.15, 0.2) is 67.0 Å². The first kappa shape index (κ1) is 18.9. The third-order valence-electron chi connectivity index (χ3n) is 5.02. The van der Waals surface area contributed by atoms with Gasteiger partial charge in [0.2, 0.25) is 5.88 Å². The van der Waals surface area contributed by atoms with Crippen molar-refractivity contribution in [3.8, 4) is 5.88 Å². The Morgan fingerprint density at radius 1 is 0.966 bits per heavy atom. The average molecular weight is 388 g/mol. The molecule has 1 aliphatic heterocycles. The maximum atomic E-state index is 12.9. The number of hydrogen-bond acceptors (Lipinski definition) is 5. The predicted molar refractivity (Wildman–Crippen MR) is 112 cm³/mol. The van der Waals surface area contributed by atoms with Crippen molar-refractivity contribution in [2.75, 3.05) is 31.1 Å². The number of carbonyl (C=O) groups is 1. The normalized spacial score (nSPS) is 14.0. The van der Waals surface area contributed by atoms with Gasteiger partial charge in [-0.1, -0.05) is 42.5 Å². The molecule has 2 aromatic carbocycles. The zero-order valence-corrected chi connectivity index (χ0v) is 16.5. The quantitative estimate of drug-likeness (QED) is 0.671. The summed E-state index contributed by atoms with van der Waals surface area (Å²) in [6.45, 7) is 5.43. The van der Waals surface area contributed by atoms with E-state index in [4.69, 9.17) is 4.74 Å². The Bertz CT molecular complexity index is 969. The van der Waals surface area contributed by atoms with Crippen LogP contribution in [0.25, 0.3) is 0 Å². The van der Waals surface area contributed by atoms with E-state index in [1.807, 2.05) is 35.2 Å². The minimum atomic E-state index is -0.0825. The fraction of sp³-hybridized carbons (Fsp3) is 0.261. The predicted octanol–water partition coefficient (Wildman–Crippen LogP) is 3.33. The van der Waals surface area contributed by atoms with Gasteiger partial charge >= 0.3 is 0 Å². The summed E-state index contributed by atoms with van der Waals surface area (Å²) >= 11 is 0. The van der Waals surface area contributed by atoms with E-state index in [0.29, 0.717) is 31.3 Å². The molecule has 0 bridgehead atoms. The Balaban J connectivity index is 1.36. The van der Waals surface area contributed by atoms with E-state index < -0.39 is 0 Å². The van der Waals surface area contributed by atoms with Gasteiger partial charge in [-0.3, -0.25) is 4.79 Å². The molecule has 3 aromatic rings.